The van der Waals surface area contributed by atoms with E-state index in [1.165, 1.54) is 0 Å². The van der Waals surface area contributed by atoms with Crippen LogP contribution in [0.1, 0.15) is 58.8 Å². The highest BCUT2D eigenvalue weighted by Gasteiger charge is 2.14. The smallest absolute Gasteiger partial charge is 0.376 e. The molecular weight excluding hydrogens is 244 g/mol. The average Bonchev–Trinajstić information content (AvgIpc) is 2.38. The zero-order chi connectivity index (χ0) is 13.5. The fourth-order valence-corrected chi connectivity index (χ4v) is 2.73. The second-order valence-electron chi connectivity index (χ2n) is 4.39. The largest absolute Gasteiger partial charge is 0.484 e. The van der Waals surface area contributed by atoms with Gasteiger partial charge in [-0.05, 0) is 32.1 Å². The van der Waals surface area contributed by atoms with Crippen LogP contribution in [0.4, 0.5) is 0 Å². The Bertz CT molecular complexity index is 166. The van der Waals surface area contributed by atoms with Gasteiger partial charge in [-0.2, -0.15) is 0 Å². The van der Waals surface area contributed by atoms with E-state index >= 15 is 0 Å². The Morgan fingerprint density at radius 2 is 1.33 bits per heavy atom. The molecular formula is C14H30O3Si. The topological polar surface area (TPSA) is 27.7 Å². The minimum Gasteiger partial charge on any atom is -0.376 e. The number of unbranched alkanes of at least 4 members (excludes halogenated alkanes) is 4. The van der Waals surface area contributed by atoms with E-state index in [2.05, 4.69) is 20.4 Å². The SMILES string of the molecule is C=CCCCCO[SiH](OCCCC)OCCCC. The van der Waals surface area contributed by atoms with Gasteiger partial charge in [-0.3, -0.25) is 0 Å². The first-order chi connectivity index (χ1) is 8.85. The van der Waals surface area contributed by atoms with Crippen LogP contribution in [0.25, 0.3) is 0 Å². The second kappa shape index (κ2) is 14.9. The van der Waals surface area contributed by atoms with Crippen molar-refractivity contribution in [3.05, 3.63) is 12.7 Å². The van der Waals surface area contributed by atoms with Gasteiger partial charge in [0.05, 0.1) is 0 Å². The molecule has 0 aliphatic heterocycles. The van der Waals surface area contributed by atoms with Gasteiger partial charge in [-0.15, -0.1) is 6.58 Å². The minimum atomic E-state index is -1.87. The maximum absolute atomic E-state index is 5.74. The highest BCUT2D eigenvalue weighted by atomic mass is 28.3. The molecule has 108 valence electrons. The van der Waals surface area contributed by atoms with Crippen LogP contribution >= 0.6 is 0 Å². The lowest BCUT2D eigenvalue weighted by Gasteiger charge is -2.16. The molecule has 0 aliphatic carbocycles. The summed E-state index contributed by atoms with van der Waals surface area (Å²) in [6.45, 7) is 10.3. The predicted molar refractivity (Wildman–Crippen MR) is 78.9 cm³/mol. The second-order valence-corrected chi connectivity index (χ2v) is 5.97. The first-order valence-electron chi connectivity index (χ1n) is 7.30. The lowest BCUT2D eigenvalue weighted by Crippen LogP contribution is -2.28. The molecule has 0 saturated heterocycles. The van der Waals surface area contributed by atoms with Crippen LogP contribution in [-0.4, -0.2) is 29.3 Å². The highest BCUT2D eigenvalue weighted by molar-refractivity contribution is 6.36. The Labute approximate surface area is 114 Å². The Balaban J connectivity index is 3.62. The fraction of sp³-hybridized carbons (Fsp3) is 0.857. The molecule has 0 heterocycles. The zero-order valence-corrected chi connectivity index (χ0v) is 13.3. The first-order valence-corrected chi connectivity index (χ1v) is 8.72. The lowest BCUT2D eigenvalue weighted by atomic mass is 10.2. The third kappa shape index (κ3) is 12.3. The molecule has 0 bridgehead atoms. The van der Waals surface area contributed by atoms with Crippen molar-refractivity contribution in [2.24, 2.45) is 0 Å². The van der Waals surface area contributed by atoms with Crippen LogP contribution in [0.5, 0.6) is 0 Å². The number of hydrogen-bond acceptors (Lipinski definition) is 3. The van der Waals surface area contributed by atoms with Gasteiger partial charge in [-0.1, -0.05) is 32.8 Å². The van der Waals surface area contributed by atoms with Crippen LogP contribution in [-0.2, 0) is 13.3 Å². The lowest BCUT2D eigenvalue weighted by molar-refractivity contribution is 0.0896. The van der Waals surface area contributed by atoms with Crippen LogP contribution in [0, 0.1) is 0 Å². The molecule has 0 spiro atoms. The van der Waals surface area contributed by atoms with E-state index in [1.54, 1.807) is 0 Å². The van der Waals surface area contributed by atoms with E-state index in [1.807, 2.05) is 6.08 Å². The molecule has 0 aromatic rings. The van der Waals surface area contributed by atoms with E-state index in [0.717, 1.165) is 64.8 Å². The van der Waals surface area contributed by atoms with Gasteiger partial charge >= 0.3 is 9.53 Å². The molecule has 4 heteroatoms. The van der Waals surface area contributed by atoms with E-state index in [9.17, 15) is 0 Å². The summed E-state index contributed by atoms with van der Waals surface area (Å²) in [5.74, 6) is 0. The van der Waals surface area contributed by atoms with Gasteiger partial charge in [0.15, 0.2) is 0 Å². The molecule has 0 aromatic carbocycles. The fourth-order valence-electron chi connectivity index (χ4n) is 1.36. The molecule has 0 N–H and O–H groups in total. The van der Waals surface area contributed by atoms with Gasteiger partial charge in [0.25, 0.3) is 0 Å². The van der Waals surface area contributed by atoms with Gasteiger partial charge in [0.2, 0.25) is 0 Å². The molecule has 0 unspecified atom stereocenters. The van der Waals surface area contributed by atoms with Gasteiger partial charge < -0.3 is 13.3 Å². The van der Waals surface area contributed by atoms with Crippen molar-refractivity contribution in [3.63, 3.8) is 0 Å². The Morgan fingerprint density at radius 3 is 1.78 bits per heavy atom. The van der Waals surface area contributed by atoms with Gasteiger partial charge in [0.1, 0.15) is 0 Å². The third-order valence-corrected chi connectivity index (χ3v) is 4.08. The number of rotatable bonds is 14. The van der Waals surface area contributed by atoms with Crippen molar-refractivity contribution in [2.75, 3.05) is 19.8 Å². The maximum Gasteiger partial charge on any atom is 0.484 e. The molecule has 0 saturated carbocycles. The van der Waals surface area contributed by atoms with Crippen LogP contribution in [0.15, 0.2) is 12.7 Å². The monoisotopic (exact) mass is 274 g/mol. The van der Waals surface area contributed by atoms with Crippen LogP contribution in [0.2, 0.25) is 0 Å². The quantitative estimate of drug-likeness (QED) is 0.274. The molecule has 0 aliphatic rings. The Kier molecular flexibility index (Phi) is 14.8. The minimum absolute atomic E-state index is 0.753. The summed E-state index contributed by atoms with van der Waals surface area (Å²) in [5.41, 5.74) is 0. The van der Waals surface area contributed by atoms with E-state index in [0.29, 0.717) is 0 Å². The molecule has 0 fully saturated rings. The van der Waals surface area contributed by atoms with Gasteiger partial charge in [0, 0.05) is 19.8 Å². The third-order valence-electron chi connectivity index (χ3n) is 2.56. The summed E-state index contributed by atoms with van der Waals surface area (Å²) in [5, 5.41) is 0. The Morgan fingerprint density at radius 1 is 0.833 bits per heavy atom. The maximum atomic E-state index is 5.74. The molecule has 0 aromatic heterocycles. The van der Waals surface area contributed by atoms with Crippen molar-refractivity contribution in [3.8, 4) is 0 Å². The summed E-state index contributed by atoms with van der Waals surface area (Å²) in [7, 11) is -1.87. The van der Waals surface area contributed by atoms with Crippen molar-refractivity contribution in [1.82, 2.24) is 0 Å². The first kappa shape index (κ1) is 17.8. The summed E-state index contributed by atoms with van der Waals surface area (Å²) in [6, 6.07) is 0. The highest BCUT2D eigenvalue weighted by Crippen LogP contribution is 2.02. The van der Waals surface area contributed by atoms with E-state index in [4.69, 9.17) is 13.3 Å². The molecule has 0 amide bonds. The standard InChI is InChI=1S/C14H30O3Si/c1-4-7-10-11-14-17-18(15-12-8-5-2)16-13-9-6-3/h4,18H,1,5-14H2,2-3H3. The molecule has 0 radical (unpaired) electrons. The van der Waals surface area contributed by atoms with Crippen LogP contribution < -0.4 is 0 Å². The number of hydrogen-bond donors (Lipinski definition) is 0. The summed E-state index contributed by atoms with van der Waals surface area (Å²) < 4.78 is 17.2. The van der Waals surface area contributed by atoms with E-state index < -0.39 is 9.53 Å². The number of allylic oxidation sites excluding steroid dienone is 1. The van der Waals surface area contributed by atoms with Crippen molar-refractivity contribution in [2.45, 2.75) is 58.8 Å². The average molecular weight is 274 g/mol. The normalized spacial score (nSPS) is 11.1. The summed E-state index contributed by atoms with van der Waals surface area (Å²) >= 11 is 0. The van der Waals surface area contributed by atoms with E-state index in [-0.39, 0.29) is 0 Å². The summed E-state index contributed by atoms with van der Waals surface area (Å²) in [6.07, 6.45) is 9.66. The molecule has 18 heavy (non-hydrogen) atoms. The van der Waals surface area contributed by atoms with Crippen molar-refractivity contribution in [1.29, 1.82) is 0 Å². The van der Waals surface area contributed by atoms with Crippen LogP contribution in [0.3, 0.4) is 0 Å². The van der Waals surface area contributed by atoms with Crippen molar-refractivity contribution < 1.29 is 13.3 Å². The zero-order valence-electron chi connectivity index (χ0n) is 12.2. The van der Waals surface area contributed by atoms with Gasteiger partial charge in [-0.25, -0.2) is 0 Å². The molecule has 0 atom stereocenters. The summed E-state index contributed by atoms with van der Waals surface area (Å²) in [4.78, 5) is 0. The molecule has 3 nitrogen and oxygen atoms in total. The Hall–Kier alpha value is -0.163. The predicted octanol–water partition coefficient (Wildman–Crippen LogP) is 3.71. The van der Waals surface area contributed by atoms with Crippen molar-refractivity contribution >= 4 is 9.53 Å². The molecule has 0 rings (SSSR count).